The second-order valence-electron chi connectivity index (χ2n) is 6.48. The largest absolute Gasteiger partial charge is 0.367 e. The van der Waals surface area contributed by atoms with Crippen molar-refractivity contribution in [2.75, 3.05) is 49.1 Å². The van der Waals surface area contributed by atoms with Gasteiger partial charge in [-0.2, -0.15) is 5.10 Å². The Hall–Kier alpha value is -2.70. The summed E-state index contributed by atoms with van der Waals surface area (Å²) in [5.41, 5.74) is 1.79. The van der Waals surface area contributed by atoms with Crippen LogP contribution in [0.5, 0.6) is 0 Å². The predicted octanol–water partition coefficient (Wildman–Crippen LogP) is 1.43. The minimum absolute atomic E-state index is 0.0765. The van der Waals surface area contributed by atoms with Crippen molar-refractivity contribution in [2.45, 2.75) is 12.8 Å². The molecule has 0 N–H and O–H groups in total. The summed E-state index contributed by atoms with van der Waals surface area (Å²) in [6, 6.07) is 5.66. The van der Waals surface area contributed by atoms with Crippen LogP contribution >= 0.6 is 0 Å². The molecule has 4 heterocycles. The van der Waals surface area contributed by atoms with Crippen molar-refractivity contribution in [3.63, 3.8) is 0 Å². The highest BCUT2D eigenvalue weighted by Crippen LogP contribution is 2.23. The van der Waals surface area contributed by atoms with Gasteiger partial charge in [-0.05, 0) is 25.0 Å². The summed E-state index contributed by atoms with van der Waals surface area (Å²) >= 11 is 0. The molecule has 0 unspecified atom stereocenters. The van der Waals surface area contributed by atoms with Crippen LogP contribution in [0.25, 0.3) is 0 Å². The Labute approximate surface area is 147 Å². The molecule has 2 aliphatic rings. The number of carbonyl (C=O) groups excluding carboxylic acids is 1. The molecule has 0 aliphatic carbocycles. The van der Waals surface area contributed by atoms with Gasteiger partial charge < -0.3 is 14.7 Å². The van der Waals surface area contributed by atoms with Gasteiger partial charge in [-0.3, -0.25) is 9.78 Å². The zero-order valence-corrected chi connectivity index (χ0v) is 14.2. The number of hydrogen-bond donors (Lipinski definition) is 0. The number of piperazine rings is 1. The fraction of sp³-hybridized carbons (Fsp3) is 0.444. The first kappa shape index (κ1) is 15.8. The topological polar surface area (TPSA) is 65.5 Å². The molecule has 0 bridgehead atoms. The Kier molecular flexibility index (Phi) is 4.45. The Morgan fingerprint density at radius 1 is 0.920 bits per heavy atom. The van der Waals surface area contributed by atoms with Crippen molar-refractivity contribution in [1.82, 2.24) is 20.1 Å². The number of carbonyl (C=O) groups is 1. The van der Waals surface area contributed by atoms with Gasteiger partial charge >= 0.3 is 0 Å². The van der Waals surface area contributed by atoms with E-state index in [9.17, 15) is 4.79 Å². The van der Waals surface area contributed by atoms with Gasteiger partial charge in [-0.1, -0.05) is 0 Å². The van der Waals surface area contributed by atoms with Crippen molar-refractivity contribution in [3.8, 4) is 0 Å². The highest BCUT2D eigenvalue weighted by atomic mass is 16.2. The maximum Gasteiger partial charge on any atom is 0.254 e. The van der Waals surface area contributed by atoms with Gasteiger partial charge in [0.2, 0.25) is 0 Å². The molecule has 0 spiro atoms. The van der Waals surface area contributed by atoms with E-state index in [4.69, 9.17) is 0 Å². The standard InChI is InChI=1S/C18H22N6O/c25-18(15-3-5-19-6-4-15)24-11-9-22(10-12-24)16-13-17(21-20-14-16)23-7-1-2-8-23/h3-6,13-14H,1-2,7-12H2. The SMILES string of the molecule is O=C(c1ccncc1)N1CCN(c2cnnc(N3CCCC3)c2)CC1. The summed E-state index contributed by atoms with van der Waals surface area (Å²) < 4.78 is 0. The van der Waals surface area contributed by atoms with Crippen molar-refractivity contribution in [2.24, 2.45) is 0 Å². The molecule has 0 saturated carbocycles. The number of hydrogen-bond acceptors (Lipinski definition) is 6. The second kappa shape index (κ2) is 7.04. The number of aromatic nitrogens is 3. The van der Waals surface area contributed by atoms with Crippen molar-refractivity contribution >= 4 is 17.4 Å². The Morgan fingerprint density at radius 3 is 2.36 bits per heavy atom. The molecule has 7 heteroatoms. The van der Waals surface area contributed by atoms with E-state index in [1.54, 1.807) is 24.5 Å². The van der Waals surface area contributed by atoms with Crippen LogP contribution in [-0.2, 0) is 0 Å². The summed E-state index contributed by atoms with van der Waals surface area (Å²) in [4.78, 5) is 23.0. The van der Waals surface area contributed by atoms with Crippen molar-refractivity contribution in [3.05, 3.63) is 42.4 Å². The Morgan fingerprint density at radius 2 is 1.64 bits per heavy atom. The van der Waals surface area contributed by atoms with Gasteiger partial charge in [-0.15, -0.1) is 5.10 Å². The highest BCUT2D eigenvalue weighted by Gasteiger charge is 2.23. The lowest BCUT2D eigenvalue weighted by molar-refractivity contribution is 0.0746. The van der Waals surface area contributed by atoms with Crippen LogP contribution in [0.3, 0.4) is 0 Å². The highest BCUT2D eigenvalue weighted by molar-refractivity contribution is 5.94. The van der Waals surface area contributed by atoms with Gasteiger partial charge in [0.05, 0.1) is 11.9 Å². The van der Waals surface area contributed by atoms with Crippen LogP contribution in [0.4, 0.5) is 11.5 Å². The number of nitrogens with zero attached hydrogens (tertiary/aromatic N) is 6. The number of anilines is 2. The molecule has 0 atom stereocenters. The molecule has 2 fully saturated rings. The minimum atomic E-state index is 0.0765. The quantitative estimate of drug-likeness (QED) is 0.844. The van der Waals surface area contributed by atoms with Gasteiger partial charge in [0.15, 0.2) is 5.82 Å². The molecular formula is C18H22N6O. The van der Waals surface area contributed by atoms with E-state index >= 15 is 0 Å². The third-order valence-corrected chi connectivity index (χ3v) is 4.92. The van der Waals surface area contributed by atoms with E-state index in [1.807, 2.05) is 11.1 Å². The summed E-state index contributed by atoms with van der Waals surface area (Å²) in [6.45, 7) is 5.16. The Balaban J connectivity index is 1.40. The van der Waals surface area contributed by atoms with E-state index in [2.05, 4.69) is 31.0 Å². The maximum absolute atomic E-state index is 12.5. The molecule has 2 saturated heterocycles. The molecular weight excluding hydrogens is 316 g/mol. The average molecular weight is 338 g/mol. The van der Waals surface area contributed by atoms with Gasteiger partial charge in [0, 0.05) is 63.3 Å². The lowest BCUT2D eigenvalue weighted by Gasteiger charge is -2.36. The van der Waals surface area contributed by atoms with Gasteiger partial charge in [0.1, 0.15) is 0 Å². The van der Waals surface area contributed by atoms with Crippen LogP contribution in [-0.4, -0.2) is 65.3 Å². The molecule has 7 nitrogen and oxygen atoms in total. The van der Waals surface area contributed by atoms with Crippen LogP contribution in [0.1, 0.15) is 23.2 Å². The molecule has 1 amide bonds. The predicted molar refractivity (Wildman–Crippen MR) is 95.8 cm³/mol. The lowest BCUT2D eigenvalue weighted by atomic mass is 10.2. The number of amides is 1. The number of rotatable bonds is 3. The van der Waals surface area contributed by atoms with Crippen LogP contribution in [0.2, 0.25) is 0 Å². The van der Waals surface area contributed by atoms with E-state index < -0.39 is 0 Å². The van der Waals surface area contributed by atoms with E-state index in [0.29, 0.717) is 18.7 Å². The van der Waals surface area contributed by atoms with E-state index in [-0.39, 0.29) is 5.91 Å². The normalized spacial score (nSPS) is 17.8. The second-order valence-corrected chi connectivity index (χ2v) is 6.48. The fourth-order valence-corrected chi connectivity index (χ4v) is 3.46. The first-order valence-corrected chi connectivity index (χ1v) is 8.83. The molecule has 2 aromatic rings. The first-order valence-electron chi connectivity index (χ1n) is 8.83. The maximum atomic E-state index is 12.5. The van der Waals surface area contributed by atoms with Crippen LogP contribution < -0.4 is 9.80 Å². The molecule has 2 aromatic heterocycles. The zero-order valence-electron chi connectivity index (χ0n) is 14.2. The van der Waals surface area contributed by atoms with Crippen LogP contribution in [0, 0.1) is 0 Å². The van der Waals surface area contributed by atoms with Crippen molar-refractivity contribution in [1.29, 1.82) is 0 Å². The Bertz CT molecular complexity index is 723. The summed E-state index contributed by atoms with van der Waals surface area (Å²) in [6.07, 6.45) is 7.58. The van der Waals surface area contributed by atoms with E-state index in [1.165, 1.54) is 12.8 Å². The van der Waals surface area contributed by atoms with Crippen molar-refractivity contribution < 1.29 is 4.79 Å². The van der Waals surface area contributed by atoms with E-state index in [0.717, 1.165) is 37.7 Å². The first-order chi connectivity index (χ1) is 12.3. The molecule has 130 valence electrons. The molecule has 0 radical (unpaired) electrons. The zero-order chi connectivity index (χ0) is 17.1. The summed E-state index contributed by atoms with van der Waals surface area (Å²) in [5, 5.41) is 8.46. The monoisotopic (exact) mass is 338 g/mol. The molecule has 0 aromatic carbocycles. The smallest absolute Gasteiger partial charge is 0.254 e. The molecule has 4 rings (SSSR count). The van der Waals surface area contributed by atoms with Gasteiger partial charge in [-0.25, -0.2) is 0 Å². The summed E-state index contributed by atoms with van der Waals surface area (Å²) in [7, 11) is 0. The molecule has 25 heavy (non-hydrogen) atoms. The van der Waals surface area contributed by atoms with Crippen LogP contribution in [0.15, 0.2) is 36.8 Å². The lowest BCUT2D eigenvalue weighted by Crippen LogP contribution is -2.48. The third-order valence-electron chi connectivity index (χ3n) is 4.92. The number of pyridine rings is 1. The van der Waals surface area contributed by atoms with Gasteiger partial charge in [0.25, 0.3) is 5.91 Å². The minimum Gasteiger partial charge on any atom is -0.367 e. The third kappa shape index (κ3) is 3.40. The summed E-state index contributed by atoms with van der Waals surface area (Å²) in [5.74, 6) is 1.04. The molecule has 2 aliphatic heterocycles. The average Bonchev–Trinajstić information content (AvgIpc) is 3.23. The fourth-order valence-electron chi connectivity index (χ4n) is 3.46.